The van der Waals surface area contributed by atoms with Gasteiger partial charge < -0.3 is 10.2 Å². The molecule has 0 bridgehead atoms. The monoisotopic (exact) mass is 480 g/mol. The lowest BCUT2D eigenvalue weighted by Gasteiger charge is -2.31. The molecule has 168 valence electrons. The van der Waals surface area contributed by atoms with Crippen molar-refractivity contribution in [1.29, 1.82) is 0 Å². The fourth-order valence-electron chi connectivity index (χ4n) is 3.11. The summed E-state index contributed by atoms with van der Waals surface area (Å²) in [4.78, 5) is 27.8. The van der Waals surface area contributed by atoms with Gasteiger partial charge in [-0.25, -0.2) is 0 Å². The van der Waals surface area contributed by atoms with Crippen molar-refractivity contribution in [2.75, 3.05) is 12.3 Å². The van der Waals surface area contributed by atoms with Crippen LogP contribution in [-0.4, -0.2) is 35.1 Å². The van der Waals surface area contributed by atoms with E-state index in [9.17, 15) is 9.59 Å². The number of benzene rings is 2. The van der Waals surface area contributed by atoms with Crippen LogP contribution in [0, 0.1) is 5.92 Å². The third-order valence-electron chi connectivity index (χ3n) is 4.80. The smallest absolute Gasteiger partial charge is 0.242 e. The highest BCUT2D eigenvalue weighted by molar-refractivity contribution is 7.99. The molecule has 0 aliphatic rings. The number of carbonyl (C=O) groups excluding carboxylic acids is 2. The highest BCUT2D eigenvalue weighted by Gasteiger charge is 2.29. The van der Waals surface area contributed by atoms with Gasteiger partial charge in [-0.2, -0.15) is 0 Å². The molecule has 7 heteroatoms. The fourth-order valence-corrected chi connectivity index (χ4v) is 4.50. The molecule has 4 nitrogen and oxygen atoms in total. The first-order valence-electron chi connectivity index (χ1n) is 10.4. The van der Waals surface area contributed by atoms with Crippen molar-refractivity contribution in [3.05, 3.63) is 69.7 Å². The zero-order chi connectivity index (χ0) is 22.8. The quantitative estimate of drug-likeness (QED) is 0.441. The van der Waals surface area contributed by atoms with Gasteiger partial charge in [-0.1, -0.05) is 80.4 Å². The zero-order valence-corrected chi connectivity index (χ0v) is 20.6. The lowest BCUT2D eigenvalue weighted by molar-refractivity contribution is -0.139. The van der Waals surface area contributed by atoms with Gasteiger partial charge in [-0.05, 0) is 30.0 Å². The fraction of sp³-hybridized carbons (Fsp3) is 0.417. The van der Waals surface area contributed by atoms with Crippen LogP contribution in [0.5, 0.6) is 0 Å². The summed E-state index contributed by atoms with van der Waals surface area (Å²) in [5.74, 6) is 1.06. The van der Waals surface area contributed by atoms with E-state index in [1.54, 1.807) is 23.1 Å². The molecule has 0 aliphatic carbocycles. The van der Waals surface area contributed by atoms with E-state index in [1.165, 1.54) is 11.8 Å². The molecular weight excluding hydrogens is 451 g/mol. The number of thioether (sulfide) groups is 1. The van der Waals surface area contributed by atoms with Crippen molar-refractivity contribution in [1.82, 2.24) is 10.2 Å². The average molecular weight is 481 g/mol. The van der Waals surface area contributed by atoms with E-state index in [0.29, 0.717) is 34.5 Å². The molecule has 1 atom stereocenters. The van der Waals surface area contributed by atoms with Crippen LogP contribution in [-0.2, 0) is 21.9 Å². The Morgan fingerprint density at radius 1 is 1.03 bits per heavy atom. The molecule has 0 radical (unpaired) electrons. The average Bonchev–Trinajstić information content (AvgIpc) is 2.74. The van der Waals surface area contributed by atoms with Crippen molar-refractivity contribution < 1.29 is 9.59 Å². The number of hydrogen-bond acceptors (Lipinski definition) is 3. The Kier molecular flexibility index (Phi) is 10.7. The van der Waals surface area contributed by atoms with Crippen molar-refractivity contribution in [2.24, 2.45) is 5.92 Å². The molecule has 0 saturated carbocycles. The summed E-state index contributed by atoms with van der Waals surface area (Å²) in [5.41, 5.74) is 1.81. The van der Waals surface area contributed by atoms with Crippen LogP contribution >= 0.6 is 35.0 Å². The van der Waals surface area contributed by atoms with E-state index in [1.807, 2.05) is 51.1 Å². The number of amides is 2. The highest BCUT2D eigenvalue weighted by atomic mass is 35.5. The molecule has 0 fully saturated rings. The van der Waals surface area contributed by atoms with Gasteiger partial charge in [0.05, 0.1) is 5.75 Å². The van der Waals surface area contributed by atoms with E-state index < -0.39 is 6.04 Å². The lowest BCUT2D eigenvalue weighted by Crippen LogP contribution is -2.50. The summed E-state index contributed by atoms with van der Waals surface area (Å²) >= 11 is 14.3. The molecular formula is C24H30Cl2N2O2S. The maximum absolute atomic E-state index is 13.2. The molecule has 2 rings (SSSR count). The topological polar surface area (TPSA) is 49.4 Å². The van der Waals surface area contributed by atoms with Crippen LogP contribution in [0.25, 0.3) is 0 Å². The first kappa shape index (κ1) is 25.6. The second-order valence-corrected chi connectivity index (χ2v) is 9.56. The van der Waals surface area contributed by atoms with Gasteiger partial charge in [-0.3, -0.25) is 9.59 Å². The molecule has 0 spiro atoms. The molecule has 0 aromatic heterocycles. The number of carbonyl (C=O) groups is 2. The summed E-state index contributed by atoms with van der Waals surface area (Å²) in [6.07, 6.45) is 0.501. The zero-order valence-electron chi connectivity index (χ0n) is 18.2. The van der Waals surface area contributed by atoms with E-state index in [4.69, 9.17) is 23.2 Å². The van der Waals surface area contributed by atoms with Gasteiger partial charge in [0.15, 0.2) is 0 Å². The predicted octanol–water partition coefficient (Wildman–Crippen LogP) is 5.81. The van der Waals surface area contributed by atoms with Crippen molar-refractivity contribution >= 4 is 46.8 Å². The van der Waals surface area contributed by atoms with Crippen LogP contribution in [0.3, 0.4) is 0 Å². The summed E-state index contributed by atoms with van der Waals surface area (Å²) in [6, 6.07) is 14.7. The van der Waals surface area contributed by atoms with Crippen molar-refractivity contribution in [2.45, 2.75) is 45.5 Å². The molecule has 1 unspecified atom stereocenters. The molecule has 1 N–H and O–H groups in total. The Labute approximate surface area is 199 Å². The predicted molar refractivity (Wildman–Crippen MR) is 132 cm³/mol. The number of rotatable bonds is 11. The Hall–Kier alpha value is -1.69. The molecule has 0 saturated heterocycles. The largest absolute Gasteiger partial charge is 0.354 e. The Balaban J connectivity index is 2.18. The second-order valence-electron chi connectivity index (χ2n) is 7.76. The normalized spacial score (nSPS) is 11.9. The van der Waals surface area contributed by atoms with Gasteiger partial charge in [-0.15, -0.1) is 11.8 Å². The second kappa shape index (κ2) is 13.0. The number of nitrogens with zero attached hydrogens (tertiary/aromatic N) is 1. The number of nitrogens with one attached hydrogen (secondary N) is 1. The van der Waals surface area contributed by atoms with E-state index in [-0.39, 0.29) is 24.1 Å². The summed E-state index contributed by atoms with van der Waals surface area (Å²) in [7, 11) is 0. The van der Waals surface area contributed by atoms with Crippen LogP contribution in [0.1, 0.15) is 38.3 Å². The van der Waals surface area contributed by atoms with Crippen LogP contribution in [0.4, 0.5) is 0 Å². The van der Waals surface area contributed by atoms with Gasteiger partial charge in [0.1, 0.15) is 6.04 Å². The molecule has 0 heterocycles. The summed E-state index contributed by atoms with van der Waals surface area (Å²) in [5, 5.41) is 3.93. The van der Waals surface area contributed by atoms with E-state index in [0.717, 1.165) is 11.3 Å². The maximum atomic E-state index is 13.2. The van der Waals surface area contributed by atoms with Gasteiger partial charge in [0.2, 0.25) is 11.8 Å². The van der Waals surface area contributed by atoms with Crippen LogP contribution < -0.4 is 5.32 Å². The van der Waals surface area contributed by atoms with Gasteiger partial charge in [0.25, 0.3) is 0 Å². The van der Waals surface area contributed by atoms with Crippen LogP contribution in [0.15, 0.2) is 48.5 Å². The van der Waals surface area contributed by atoms with Crippen molar-refractivity contribution in [3.63, 3.8) is 0 Å². The SMILES string of the molecule is CCC(C(=O)NCC(C)C)N(Cc1c(Cl)cccc1Cl)C(=O)CSCc1ccccc1. The Morgan fingerprint density at radius 2 is 1.68 bits per heavy atom. The number of hydrogen-bond donors (Lipinski definition) is 1. The first-order valence-corrected chi connectivity index (χ1v) is 12.4. The highest BCUT2D eigenvalue weighted by Crippen LogP contribution is 2.27. The number of halogens is 2. The molecule has 2 aromatic carbocycles. The first-order chi connectivity index (χ1) is 14.8. The van der Waals surface area contributed by atoms with Gasteiger partial charge >= 0.3 is 0 Å². The maximum Gasteiger partial charge on any atom is 0.242 e. The van der Waals surface area contributed by atoms with Gasteiger partial charge in [0, 0.05) is 34.5 Å². The third-order valence-corrected chi connectivity index (χ3v) is 6.49. The Morgan fingerprint density at radius 3 is 2.26 bits per heavy atom. The van der Waals surface area contributed by atoms with E-state index >= 15 is 0 Å². The summed E-state index contributed by atoms with van der Waals surface area (Å²) < 4.78 is 0. The lowest BCUT2D eigenvalue weighted by atomic mass is 10.1. The minimum absolute atomic E-state index is 0.108. The minimum atomic E-state index is -0.587. The minimum Gasteiger partial charge on any atom is -0.354 e. The standard InChI is InChI=1S/C24H30Cl2N2O2S/c1-4-22(24(30)27-13-17(2)3)28(14-19-20(25)11-8-12-21(19)26)23(29)16-31-15-18-9-6-5-7-10-18/h5-12,17,22H,4,13-16H2,1-3H3,(H,27,30). The Bertz CT molecular complexity index is 842. The summed E-state index contributed by atoms with van der Waals surface area (Å²) in [6.45, 7) is 6.73. The third kappa shape index (κ3) is 8.06. The van der Waals surface area contributed by atoms with E-state index in [2.05, 4.69) is 5.32 Å². The molecule has 2 amide bonds. The molecule has 0 aliphatic heterocycles. The van der Waals surface area contributed by atoms with Crippen molar-refractivity contribution in [3.8, 4) is 0 Å². The molecule has 2 aromatic rings. The molecule has 31 heavy (non-hydrogen) atoms. The van der Waals surface area contributed by atoms with Crippen LogP contribution in [0.2, 0.25) is 10.0 Å².